The maximum atomic E-state index is 11.8. The molecule has 2 rings (SSSR count). The Balaban J connectivity index is 1.74. The van der Waals surface area contributed by atoms with E-state index in [-0.39, 0.29) is 12.5 Å². The van der Waals surface area contributed by atoms with E-state index < -0.39 is 0 Å². The summed E-state index contributed by atoms with van der Waals surface area (Å²) < 4.78 is 5.17. The predicted octanol–water partition coefficient (Wildman–Crippen LogP) is 1.20. The van der Waals surface area contributed by atoms with Crippen molar-refractivity contribution in [2.45, 2.75) is 26.8 Å². The Morgan fingerprint density at radius 1 is 1.48 bits per heavy atom. The fourth-order valence-electron chi connectivity index (χ4n) is 2.45. The van der Waals surface area contributed by atoms with Crippen molar-refractivity contribution in [3.05, 3.63) is 24.2 Å². The summed E-state index contributed by atoms with van der Waals surface area (Å²) in [4.78, 5) is 18.3. The molecule has 6 nitrogen and oxygen atoms in total. The molecule has 2 heterocycles. The molecule has 1 saturated heterocycles. The molecule has 0 atom stereocenters. The fraction of sp³-hybridized carbons (Fsp3) is 0.600. The van der Waals surface area contributed by atoms with Crippen LogP contribution in [0.2, 0.25) is 0 Å². The minimum atomic E-state index is -0.0778. The van der Waals surface area contributed by atoms with Crippen molar-refractivity contribution in [1.29, 1.82) is 0 Å². The predicted molar refractivity (Wildman–Crippen MR) is 81.9 cm³/mol. The van der Waals surface area contributed by atoms with Crippen LogP contribution in [0.1, 0.15) is 26.0 Å². The van der Waals surface area contributed by atoms with E-state index in [4.69, 9.17) is 4.42 Å². The number of aliphatic imine (C=N–C) groups is 1. The highest BCUT2D eigenvalue weighted by atomic mass is 16.3. The minimum Gasteiger partial charge on any atom is -0.467 e. The summed E-state index contributed by atoms with van der Waals surface area (Å²) in [5, 5.41) is 5.91. The van der Waals surface area contributed by atoms with E-state index >= 15 is 0 Å². The molecule has 1 amide bonds. The largest absolute Gasteiger partial charge is 0.467 e. The molecule has 1 fully saturated rings. The van der Waals surface area contributed by atoms with E-state index in [1.54, 1.807) is 19.4 Å². The highest BCUT2D eigenvalue weighted by molar-refractivity contribution is 5.86. The minimum absolute atomic E-state index is 0.0778. The van der Waals surface area contributed by atoms with Crippen LogP contribution in [0.15, 0.2) is 27.8 Å². The zero-order valence-corrected chi connectivity index (χ0v) is 13.0. The van der Waals surface area contributed by atoms with Crippen LogP contribution < -0.4 is 10.6 Å². The quantitative estimate of drug-likeness (QED) is 0.646. The Bertz CT molecular complexity index is 494. The number of likely N-dealkylation sites (tertiary alicyclic amines) is 1. The third-order valence-corrected chi connectivity index (χ3v) is 3.64. The van der Waals surface area contributed by atoms with Gasteiger partial charge in [-0.05, 0) is 24.0 Å². The Labute approximate surface area is 125 Å². The lowest BCUT2D eigenvalue weighted by atomic mass is 9.93. The van der Waals surface area contributed by atoms with Gasteiger partial charge in [-0.25, -0.2) is 0 Å². The summed E-state index contributed by atoms with van der Waals surface area (Å²) in [5.74, 6) is 1.45. The van der Waals surface area contributed by atoms with E-state index in [9.17, 15) is 4.79 Å². The van der Waals surface area contributed by atoms with Gasteiger partial charge in [-0.1, -0.05) is 13.8 Å². The van der Waals surface area contributed by atoms with Crippen LogP contribution in [0.4, 0.5) is 0 Å². The molecule has 2 N–H and O–H groups in total. The topological polar surface area (TPSA) is 69.9 Å². The molecule has 0 unspecified atom stereocenters. The molecule has 0 aromatic carbocycles. The summed E-state index contributed by atoms with van der Waals surface area (Å²) in [6.07, 6.45) is 2.73. The molecule has 1 aromatic heterocycles. The van der Waals surface area contributed by atoms with Gasteiger partial charge >= 0.3 is 0 Å². The standard InChI is InChI=1S/C15H24N4O2/c1-15(2)6-7-19(11-15)14(16-3)18-10-13(20)17-9-12-5-4-8-21-12/h4-5,8H,6-7,9-11H2,1-3H3,(H,16,18)(H,17,20). The number of rotatable bonds is 4. The second-order valence-corrected chi connectivity index (χ2v) is 6.09. The van der Waals surface area contributed by atoms with E-state index in [0.29, 0.717) is 12.0 Å². The highest BCUT2D eigenvalue weighted by Crippen LogP contribution is 2.28. The van der Waals surface area contributed by atoms with Crippen LogP contribution in [0, 0.1) is 5.41 Å². The van der Waals surface area contributed by atoms with E-state index in [1.165, 1.54) is 0 Å². The van der Waals surface area contributed by atoms with Crippen LogP contribution in [0.5, 0.6) is 0 Å². The van der Waals surface area contributed by atoms with E-state index in [2.05, 4.69) is 34.4 Å². The number of hydrogen-bond donors (Lipinski definition) is 2. The maximum Gasteiger partial charge on any atom is 0.239 e. The van der Waals surface area contributed by atoms with Gasteiger partial charge in [0.1, 0.15) is 5.76 Å². The monoisotopic (exact) mass is 292 g/mol. The number of nitrogens with one attached hydrogen (secondary N) is 2. The van der Waals surface area contributed by atoms with Crippen molar-refractivity contribution in [1.82, 2.24) is 15.5 Å². The second-order valence-electron chi connectivity index (χ2n) is 6.09. The molecule has 0 spiro atoms. The number of nitrogens with zero attached hydrogens (tertiary/aromatic N) is 2. The number of carbonyl (C=O) groups is 1. The van der Waals surface area contributed by atoms with E-state index in [0.717, 1.165) is 31.2 Å². The Morgan fingerprint density at radius 3 is 2.86 bits per heavy atom. The number of hydrogen-bond acceptors (Lipinski definition) is 3. The number of amides is 1. The van der Waals surface area contributed by atoms with Crippen LogP contribution in [0.3, 0.4) is 0 Å². The third-order valence-electron chi connectivity index (χ3n) is 3.64. The molecule has 6 heteroatoms. The lowest BCUT2D eigenvalue weighted by molar-refractivity contribution is -0.120. The first-order valence-corrected chi connectivity index (χ1v) is 7.25. The average Bonchev–Trinajstić information content (AvgIpc) is 3.07. The number of carbonyl (C=O) groups excluding carboxylic acids is 1. The number of guanidine groups is 1. The molecule has 0 aliphatic carbocycles. The van der Waals surface area contributed by atoms with Crippen molar-refractivity contribution in [3.8, 4) is 0 Å². The van der Waals surface area contributed by atoms with Crippen LogP contribution in [-0.2, 0) is 11.3 Å². The fourth-order valence-corrected chi connectivity index (χ4v) is 2.45. The molecule has 0 bridgehead atoms. The van der Waals surface area contributed by atoms with Gasteiger partial charge < -0.3 is 20.0 Å². The normalized spacial score (nSPS) is 17.9. The van der Waals surface area contributed by atoms with Crippen LogP contribution >= 0.6 is 0 Å². The highest BCUT2D eigenvalue weighted by Gasteiger charge is 2.30. The molecule has 1 aromatic rings. The molecule has 0 radical (unpaired) electrons. The Hall–Kier alpha value is -1.98. The van der Waals surface area contributed by atoms with Gasteiger partial charge in [-0.15, -0.1) is 0 Å². The lowest BCUT2D eigenvalue weighted by Crippen LogP contribution is -2.44. The van der Waals surface area contributed by atoms with Crippen LogP contribution in [0.25, 0.3) is 0 Å². The van der Waals surface area contributed by atoms with Crippen molar-refractivity contribution in [2.24, 2.45) is 10.4 Å². The first-order chi connectivity index (χ1) is 10.00. The van der Waals surface area contributed by atoms with Crippen molar-refractivity contribution >= 4 is 11.9 Å². The average molecular weight is 292 g/mol. The Morgan fingerprint density at radius 2 is 2.29 bits per heavy atom. The maximum absolute atomic E-state index is 11.8. The zero-order valence-electron chi connectivity index (χ0n) is 13.0. The molecular weight excluding hydrogens is 268 g/mol. The Kier molecular flexibility index (Phi) is 4.88. The van der Waals surface area contributed by atoms with Gasteiger partial charge in [0.15, 0.2) is 5.96 Å². The van der Waals surface area contributed by atoms with Crippen molar-refractivity contribution in [3.63, 3.8) is 0 Å². The summed E-state index contributed by atoms with van der Waals surface area (Å²) in [7, 11) is 1.74. The molecular formula is C15H24N4O2. The third kappa shape index (κ3) is 4.51. The molecule has 21 heavy (non-hydrogen) atoms. The SMILES string of the molecule is CN=C(NCC(=O)NCc1ccco1)N1CCC(C)(C)C1. The van der Waals surface area contributed by atoms with Crippen molar-refractivity contribution < 1.29 is 9.21 Å². The first-order valence-electron chi connectivity index (χ1n) is 7.25. The lowest BCUT2D eigenvalue weighted by Gasteiger charge is -2.23. The summed E-state index contributed by atoms with van der Waals surface area (Å²) in [6, 6.07) is 3.63. The van der Waals surface area contributed by atoms with Crippen LogP contribution in [-0.4, -0.2) is 43.4 Å². The molecule has 1 aliphatic heterocycles. The molecule has 116 valence electrons. The van der Waals surface area contributed by atoms with Crippen molar-refractivity contribution in [2.75, 3.05) is 26.7 Å². The summed E-state index contributed by atoms with van der Waals surface area (Å²) >= 11 is 0. The molecule has 0 saturated carbocycles. The van der Waals surface area contributed by atoms with E-state index in [1.807, 2.05) is 6.07 Å². The number of furan rings is 1. The van der Waals surface area contributed by atoms with Gasteiger partial charge in [-0.2, -0.15) is 0 Å². The zero-order chi connectivity index (χ0) is 15.3. The second kappa shape index (κ2) is 6.65. The van der Waals surface area contributed by atoms with Gasteiger partial charge in [0.2, 0.25) is 5.91 Å². The first kappa shape index (κ1) is 15.4. The van der Waals surface area contributed by atoms with Gasteiger partial charge in [0, 0.05) is 20.1 Å². The van der Waals surface area contributed by atoms with Gasteiger partial charge in [0.25, 0.3) is 0 Å². The van der Waals surface area contributed by atoms with Gasteiger partial charge in [0.05, 0.1) is 19.4 Å². The molecule has 1 aliphatic rings. The smallest absolute Gasteiger partial charge is 0.239 e. The summed E-state index contributed by atoms with van der Waals surface area (Å²) in [6.45, 7) is 7.04. The van der Waals surface area contributed by atoms with Gasteiger partial charge in [-0.3, -0.25) is 9.79 Å². The summed E-state index contributed by atoms with van der Waals surface area (Å²) in [5.41, 5.74) is 0.305.